The van der Waals surface area contributed by atoms with Gasteiger partial charge in [0.2, 0.25) is 0 Å². The van der Waals surface area contributed by atoms with Crippen molar-refractivity contribution in [1.82, 2.24) is 0 Å². The highest BCUT2D eigenvalue weighted by Gasteiger charge is 2.69. The van der Waals surface area contributed by atoms with Gasteiger partial charge in [-0.05, 0) is 158 Å². The molecule has 11 nitrogen and oxygen atoms in total. The monoisotopic (exact) mass is 892 g/mol. The molecule has 6 aliphatic carbocycles. The van der Waals surface area contributed by atoms with Gasteiger partial charge >= 0.3 is 26.2 Å². The van der Waals surface area contributed by atoms with E-state index in [1.807, 2.05) is 66.7 Å². The molecule has 0 aromatic heterocycles. The van der Waals surface area contributed by atoms with Crippen LogP contribution in [0.5, 0.6) is 17.2 Å². The molecule has 0 radical (unpaired) electrons. The van der Waals surface area contributed by atoms with E-state index in [0.29, 0.717) is 58.7 Å². The Balaban J connectivity index is 0.000000190. The molecule has 2 aliphatic heterocycles. The number of alkyl halides is 1. The zero-order chi connectivity index (χ0) is 46.4. The van der Waals surface area contributed by atoms with E-state index in [0.717, 1.165) is 35.4 Å². The summed E-state index contributed by atoms with van der Waals surface area (Å²) in [5.74, 6) is 2.86. The molecule has 14 heteroatoms. The summed E-state index contributed by atoms with van der Waals surface area (Å²) in [6.07, 6.45) is 5.74. The van der Waals surface area contributed by atoms with Gasteiger partial charge in [-0.2, -0.15) is 0 Å². The van der Waals surface area contributed by atoms with E-state index in [2.05, 4.69) is 41.5 Å². The lowest BCUT2D eigenvalue weighted by Gasteiger charge is -2.64. The Bertz CT molecular complexity index is 2080. The molecule has 0 N–H and O–H groups in total. The maximum Gasteiger partial charge on any atom is 0.477 e. The first-order valence-electron chi connectivity index (χ1n) is 22.9. The fraction of sp³-hybridized carbons (Fsp3) is 0.714. The minimum atomic E-state index is -0.649. The van der Waals surface area contributed by atoms with Crippen LogP contribution in [0.15, 0.2) is 24.3 Å². The Kier molecular flexibility index (Phi) is 12.7. The zero-order valence-electron chi connectivity index (χ0n) is 40.6. The van der Waals surface area contributed by atoms with Gasteiger partial charge in [-0.15, -0.1) is 11.6 Å². The molecule has 346 valence electrons. The molecule has 6 saturated carbocycles. The molecule has 10 rings (SSSR count). The standard InChI is InChI=1S/C25H36BClO6.C24H35BO5/c1-23(2,3)31-22(28)20-16(29-7)10-9-14(21(20)30-8)11-19(27)26-32-18-13-15-12-17(24(15,4)5)25(18,6)33-26;1-14-15(9-10-17(27-8)20(14)21(26)28-22(2,3)4)13-25-29-19-12-16-11-18(23(16,5)6)24(19,7)30-25/h9-10,15,17-19H,11-13H2,1-8H3;9-10,16,18-19H,11-13H2,1-8H3/t15-,17-,18?,19+,25-;16-,18-,19?,24-/m00/s1. The second kappa shape index (κ2) is 16.7. The average molecular weight is 893 g/mol. The quantitative estimate of drug-likeness (QED) is 0.129. The van der Waals surface area contributed by atoms with E-state index in [1.54, 1.807) is 13.2 Å². The van der Waals surface area contributed by atoms with Crippen LogP contribution in [0.1, 0.15) is 146 Å². The smallest absolute Gasteiger partial charge is 0.477 e. The molecule has 63 heavy (non-hydrogen) atoms. The molecule has 0 amide bonds. The minimum Gasteiger partial charge on any atom is -0.496 e. The highest BCUT2D eigenvalue weighted by molar-refractivity contribution is 6.60. The van der Waals surface area contributed by atoms with Crippen molar-refractivity contribution >= 4 is 37.8 Å². The fourth-order valence-electron chi connectivity index (χ4n) is 12.0. The van der Waals surface area contributed by atoms with E-state index in [1.165, 1.54) is 27.1 Å². The van der Waals surface area contributed by atoms with E-state index in [9.17, 15) is 9.59 Å². The predicted molar refractivity (Wildman–Crippen MR) is 245 cm³/mol. The maximum atomic E-state index is 13.0. The van der Waals surface area contributed by atoms with Crippen LogP contribution in [0.3, 0.4) is 0 Å². The molecule has 2 saturated heterocycles. The Morgan fingerprint density at radius 1 is 0.698 bits per heavy atom. The Hall–Kier alpha value is -2.96. The van der Waals surface area contributed by atoms with Gasteiger partial charge in [0.1, 0.15) is 39.6 Å². The number of esters is 2. The third-order valence-corrected chi connectivity index (χ3v) is 16.0. The molecule has 8 fully saturated rings. The maximum absolute atomic E-state index is 13.0. The van der Waals surface area contributed by atoms with Gasteiger partial charge in [0.15, 0.2) is 0 Å². The largest absolute Gasteiger partial charge is 0.496 e. The van der Waals surface area contributed by atoms with Crippen LogP contribution in [0.25, 0.3) is 0 Å². The summed E-state index contributed by atoms with van der Waals surface area (Å²) < 4.78 is 53.6. The van der Waals surface area contributed by atoms with E-state index in [4.69, 9.17) is 53.9 Å². The second-order valence-electron chi connectivity index (χ2n) is 22.4. The Labute approximate surface area is 381 Å². The van der Waals surface area contributed by atoms with Gasteiger partial charge in [-0.3, -0.25) is 0 Å². The molecule has 4 bridgehead atoms. The van der Waals surface area contributed by atoms with Gasteiger partial charge < -0.3 is 42.3 Å². The minimum absolute atomic E-state index is 0.0654. The van der Waals surface area contributed by atoms with Crippen LogP contribution in [-0.4, -0.2) is 87.4 Å². The van der Waals surface area contributed by atoms with Gasteiger partial charge in [0.05, 0.1) is 50.0 Å². The van der Waals surface area contributed by atoms with Crippen LogP contribution < -0.4 is 14.2 Å². The summed E-state index contributed by atoms with van der Waals surface area (Å²) in [6, 6.07) is 7.45. The lowest BCUT2D eigenvalue weighted by molar-refractivity contribution is -0.199. The number of carbonyl (C=O) groups excluding carboxylic acids is 2. The summed E-state index contributed by atoms with van der Waals surface area (Å²) in [5, 5.41) is -0.443. The van der Waals surface area contributed by atoms with E-state index < -0.39 is 29.6 Å². The molecule has 2 unspecified atom stereocenters. The summed E-state index contributed by atoms with van der Waals surface area (Å²) in [7, 11) is 3.80. The van der Waals surface area contributed by atoms with Crippen molar-refractivity contribution in [2.24, 2.45) is 34.5 Å². The first-order chi connectivity index (χ1) is 29.2. The van der Waals surface area contributed by atoms with Crippen molar-refractivity contribution in [2.75, 3.05) is 21.3 Å². The van der Waals surface area contributed by atoms with Gasteiger partial charge in [-0.1, -0.05) is 39.8 Å². The van der Waals surface area contributed by atoms with Crippen molar-refractivity contribution in [3.63, 3.8) is 0 Å². The third-order valence-electron chi connectivity index (χ3n) is 15.7. The zero-order valence-corrected chi connectivity index (χ0v) is 41.4. The van der Waals surface area contributed by atoms with Gasteiger partial charge in [0, 0.05) is 6.32 Å². The highest BCUT2D eigenvalue weighted by Crippen LogP contribution is 2.67. The summed E-state index contributed by atoms with van der Waals surface area (Å²) in [6.45, 7) is 26.8. The van der Waals surface area contributed by atoms with Crippen molar-refractivity contribution in [3.8, 4) is 17.2 Å². The van der Waals surface area contributed by atoms with Crippen molar-refractivity contribution in [3.05, 3.63) is 52.1 Å². The van der Waals surface area contributed by atoms with Crippen molar-refractivity contribution in [2.45, 2.75) is 168 Å². The van der Waals surface area contributed by atoms with Crippen LogP contribution in [0.4, 0.5) is 0 Å². The van der Waals surface area contributed by atoms with Crippen LogP contribution in [0, 0.1) is 41.4 Å². The topological polar surface area (TPSA) is 117 Å². The van der Waals surface area contributed by atoms with Crippen molar-refractivity contribution < 1.29 is 51.9 Å². The number of benzene rings is 2. The number of methoxy groups -OCH3 is 3. The number of hydrogen-bond donors (Lipinski definition) is 0. The first-order valence-corrected chi connectivity index (χ1v) is 23.3. The normalized spacial score (nSPS) is 31.3. The molecule has 9 atom stereocenters. The predicted octanol–water partition coefficient (Wildman–Crippen LogP) is 9.85. The Morgan fingerprint density at radius 3 is 1.67 bits per heavy atom. The lowest BCUT2D eigenvalue weighted by Crippen LogP contribution is -2.65. The SMILES string of the molecule is COc1ccc(CB2OC3C[C@@H]4C[C@@H](C4(C)C)[C@]3(C)O2)c(C)c1C(=O)OC(C)(C)C.COc1ccc(C[C@@H](Cl)B2OC3C[C@@H]4C[C@@H](C4(C)C)[C@]3(C)O2)c(OC)c1C(=O)OC(C)(C)C. The molecule has 2 aromatic carbocycles. The van der Waals surface area contributed by atoms with Crippen molar-refractivity contribution in [1.29, 1.82) is 0 Å². The second-order valence-corrected chi connectivity index (χ2v) is 23.0. The summed E-state index contributed by atoms with van der Waals surface area (Å²) >= 11 is 6.87. The average Bonchev–Trinajstić information content (AvgIpc) is 3.72. The Morgan fingerprint density at radius 2 is 1.17 bits per heavy atom. The number of hydrogen-bond acceptors (Lipinski definition) is 11. The number of rotatable bonds is 10. The van der Waals surface area contributed by atoms with Gasteiger partial charge in [0.25, 0.3) is 0 Å². The fourth-order valence-corrected chi connectivity index (χ4v) is 12.3. The highest BCUT2D eigenvalue weighted by atomic mass is 35.5. The number of ether oxygens (including phenoxy) is 5. The van der Waals surface area contributed by atoms with E-state index >= 15 is 0 Å². The van der Waals surface area contributed by atoms with Gasteiger partial charge in [-0.25, -0.2) is 9.59 Å². The molecular formula is C49H71B2ClO11. The number of halogens is 1. The third kappa shape index (κ3) is 8.65. The van der Waals surface area contributed by atoms with Crippen LogP contribution in [0.2, 0.25) is 0 Å². The molecule has 0 spiro atoms. The molecular weight excluding hydrogens is 822 g/mol. The van der Waals surface area contributed by atoms with Crippen LogP contribution in [-0.2, 0) is 40.8 Å². The molecule has 8 aliphatic rings. The molecule has 2 aromatic rings. The summed E-state index contributed by atoms with van der Waals surface area (Å²) in [4.78, 5) is 25.8. The summed E-state index contributed by atoms with van der Waals surface area (Å²) in [5.41, 5.74) is 2.23. The van der Waals surface area contributed by atoms with E-state index in [-0.39, 0.29) is 47.5 Å². The molecule has 2 heterocycles. The first kappa shape index (κ1) is 48.0. The van der Waals surface area contributed by atoms with Crippen LogP contribution >= 0.6 is 11.6 Å². The number of carbonyl (C=O) groups is 2. The lowest BCUT2D eigenvalue weighted by atomic mass is 9.43.